The first-order valence-corrected chi connectivity index (χ1v) is 5.47. The Morgan fingerprint density at radius 3 is 2.62 bits per heavy atom. The van der Waals surface area contributed by atoms with Crippen molar-refractivity contribution in [3.8, 4) is 0 Å². The molecule has 0 saturated carbocycles. The lowest BCUT2D eigenvalue weighted by Gasteiger charge is -1.92. The number of hydrogen-bond acceptors (Lipinski definition) is 4. The van der Waals surface area contributed by atoms with Gasteiger partial charge in [-0.05, 0) is 12.8 Å². The molecule has 1 aliphatic rings. The fourth-order valence-electron chi connectivity index (χ4n) is 1.46. The van der Waals surface area contributed by atoms with Gasteiger partial charge in [0.05, 0.1) is 10.4 Å². The molecule has 0 aliphatic carbocycles. The van der Waals surface area contributed by atoms with E-state index in [9.17, 15) is 0 Å². The third kappa shape index (κ3) is 2.43. The van der Waals surface area contributed by atoms with E-state index in [0.29, 0.717) is 21.9 Å². The van der Waals surface area contributed by atoms with Crippen LogP contribution in [0.2, 0.25) is 5.02 Å². The van der Waals surface area contributed by atoms with Crippen molar-refractivity contribution in [1.82, 2.24) is 15.0 Å². The van der Waals surface area contributed by atoms with Gasteiger partial charge in [0.2, 0.25) is 0 Å². The average Bonchev–Trinajstić information content (AvgIpc) is 2.92. The van der Waals surface area contributed by atoms with Crippen LogP contribution in [-0.4, -0.2) is 28.2 Å². The largest absolute Gasteiger partial charge is 0.383 e. The number of nitrogens with two attached hydrogens (primary N) is 1. The van der Waals surface area contributed by atoms with Gasteiger partial charge < -0.3 is 15.5 Å². The van der Waals surface area contributed by atoms with Crippen LogP contribution < -0.4 is 5.73 Å². The first kappa shape index (κ1) is 11.2. The van der Waals surface area contributed by atoms with Crippen molar-refractivity contribution in [2.45, 2.75) is 12.8 Å². The van der Waals surface area contributed by atoms with Gasteiger partial charge in [-0.3, -0.25) is 0 Å². The Morgan fingerprint density at radius 2 is 2.06 bits per heavy atom. The molecule has 86 valence electrons. The third-order valence-corrected chi connectivity index (χ3v) is 2.58. The topological polar surface area (TPSA) is 76.8 Å². The van der Waals surface area contributed by atoms with E-state index in [-0.39, 0.29) is 0 Å². The zero-order valence-corrected chi connectivity index (χ0v) is 9.50. The lowest BCUT2D eigenvalue weighted by atomic mass is 10.4. The van der Waals surface area contributed by atoms with Gasteiger partial charge in [0.25, 0.3) is 0 Å². The van der Waals surface area contributed by atoms with Crippen molar-refractivity contribution >= 4 is 28.5 Å². The van der Waals surface area contributed by atoms with Crippen molar-refractivity contribution in [2.24, 2.45) is 0 Å². The molecule has 0 bridgehead atoms. The number of nitrogen functional groups attached to an aromatic ring is 1. The quantitative estimate of drug-likeness (QED) is 0.738. The molecule has 0 spiro atoms. The molecule has 1 fully saturated rings. The Labute approximate surface area is 98.0 Å². The summed E-state index contributed by atoms with van der Waals surface area (Å²) in [5.74, 6) is 0.404. The Hall–Kier alpha value is -1.33. The van der Waals surface area contributed by atoms with Gasteiger partial charge in [0, 0.05) is 19.4 Å². The minimum atomic E-state index is 0.404. The zero-order valence-electron chi connectivity index (χ0n) is 8.74. The van der Waals surface area contributed by atoms with Gasteiger partial charge in [-0.25, -0.2) is 9.97 Å². The van der Waals surface area contributed by atoms with E-state index in [0.717, 1.165) is 13.2 Å². The molecule has 6 heteroatoms. The fourth-order valence-corrected chi connectivity index (χ4v) is 1.70. The summed E-state index contributed by atoms with van der Waals surface area (Å²) in [5, 5.41) is 1.24. The van der Waals surface area contributed by atoms with E-state index >= 15 is 0 Å². The van der Waals surface area contributed by atoms with Gasteiger partial charge >= 0.3 is 0 Å². The normalized spacial score (nSPS) is 14.8. The molecule has 3 N–H and O–H groups in total. The lowest BCUT2D eigenvalue weighted by Crippen LogP contribution is -1.91. The molecule has 0 radical (unpaired) electrons. The molecule has 3 heterocycles. The standard InChI is InChI=1S/C6H5ClN4.C4H8O/c7-3-1-9-6-4(3)5(8)10-2-11-6;1-2-4-5-3-1/h1-2H,(H3,8,9,10,11);1-4H2. The summed E-state index contributed by atoms with van der Waals surface area (Å²) < 4.78 is 4.94. The van der Waals surface area contributed by atoms with Crippen LogP contribution in [0.25, 0.3) is 11.0 Å². The van der Waals surface area contributed by atoms with Crippen molar-refractivity contribution in [2.75, 3.05) is 18.9 Å². The van der Waals surface area contributed by atoms with E-state index in [1.807, 2.05) is 0 Å². The molecule has 5 nitrogen and oxygen atoms in total. The second-order valence-electron chi connectivity index (χ2n) is 3.44. The second-order valence-corrected chi connectivity index (χ2v) is 3.85. The maximum atomic E-state index is 5.79. The molecule has 0 unspecified atom stereocenters. The predicted octanol–water partition coefficient (Wildman–Crippen LogP) is 1.99. The zero-order chi connectivity index (χ0) is 11.4. The number of hydrogen-bond donors (Lipinski definition) is 2. The number of ether oxygens (including phenoxy) is 1. The Kier molecular flexibility index (Phi) is 3.58. The molecule has 2 aromatic heterocycles. The van der Waals surface area contributed by atoms with Gasteiger partial charge in [-0.2, -0.15) is 0 Å². The summed E-state index contributed by atoms with van der Waals surface area (Å²) >= 11 is 5.79. The summed E-state index contributed by atoms with van der Waals surface area (Å²) in [5.41, 5.74) is 6.21. The van der Waals surface area contributed by atoms with Crippen LogP contribution in [0, 0.1) is 0 Å². The third-order valence-electron chi connectivity index (χ3n) is 2.28. The van der Waals surface area contributed by atoms with Gasteiger partial charge in [0.1, 0.15) is 17.8 Å². The first-order valence-electron chi connectivity index (χ1n) is 5.10. The molecular weight excluding hydrogens is 228 g/mol. The lowest BCUT2D eigenvalue weighted by molar-refractivity contribution is 0.198. The monoisotopic (exact) mass is 240 g/mol. The number of rotatable bonds is 0. The minimum absolute atomic E-state index is 0.404. The van der Waals surface area contributed by atoms with Crippen molar-refractivity contribution in [3.63, 3.8) is 0 Å². The molecule has 16 heavy (non-hydrogen) atoms. The van der Waals surface area contributed by atoms with Crippen LogP contribution in [0.5, 0.6) is 0 Å². The predicted molar refractivity (Wildman–Crippen MR) is 63.4 cm³/mol. The number of nitrogens with one attached hydrogen (secondary N) is 1. The van der Waals surface area contributed by atoms with Crippen LogP contribution >= 0.6 is 11.6 Å². The highest BCUT2D eigenvalue weighted by Crippen LogP contribution is 2.24. The number of anilines is 1. The highest BCUT2D eigenvalue weighted by atomic mass is 35.5. The number of halogens is 1. The maximum Gasteiger partial charge on any atom is 0.144 e. The molecule has 2 aromatic rings. The highest BCUT2D eigenvalue weighted by molar-refractivity contribution is 6.36. The first-order chi connectivity index (χ1) is 7.79. The number of aromatic amines is 1. The van der Waals surface area contributed by atoms with Crippen molar-refractivity contribution < 1.29 is 4.74 Å². The summed E-state index contributed by atoms with van der Waals surface area (Å²) in [7, 11) is 0. The smallest absolute Gasteiger partial charge is 0.144 e. The maximum absolute atomic E-state index is 5.79. The van der Waals surface area contributed by atoms with E-state index in [1.54, 1.807) is 6.20 Å². The summed E-state index contributed by atoms with van der Waals surface area (Å²) in [4.78, 5) is 10.6. The minimum Gasteiger partial charge on any atom is -0.383 e. The van der Waals surface area contributed by atoms with Crippen molar-refractivity contribution in [3.05, 3.63) is 17.5 Å². The van der Waals surface area contributed by atoms with Gasteiger partial charge in [0.15, 0.2) is 0 Å². The SMILES string of the molecule is C1CCOC1.Nc1ncnc2[nH]cc(Cl)c12. The summed E-state index contributed by atoms with van der Waals surface area (Å²) in [6, 6.07) is 0. The molecule has 1 saturated heterocycles. The molecule has 0 aromatic carbocycles. The molecule has 1 aliphatic heterocycles. The second kappa shape index (κ2) is 5.14. The van der Waals surface area contributed by atoms with Gasteiger partial charge in [-0.1, -0.05) is 11.6 Å². The Balaban J connectivity index is 0.000000162. The molecule has 0 atom stereocenters. The van der Waals surface area contributed by atoms with E-state index in [2.05, 4.69) is 15.0 Å². The van der Waals surface area contributed by atoms with E-state index in [1.165, 1.54) is 19.2 Å². The molecule has 3 rings (SSSR count). The van der Waals surface area contributed by atoms with Crippen LogP contribution in [0.4, 0.5) is 5.82 Å². The number of nitrogens with zero attached hydrogens (tertiary/aromatic N) is 2. The molecule has 0 amide bonds. The molecular formula is C10H13ClN4O. The number of H-pyrrole nitrogens is 1. The van der Waals surface area contributed by atoms with Gasteiger partial charge in [-0.15, -0.1) is 0 Å². The van der Waals surface area contributed by atoms with E-state index < -0.39 is 0 Å². The van der Waals surface area contributed by atoms with E-state index in [4.69, 9.17) is 22.1 Å². The van der Waals surface area contributed by atoms with Crippen LogP contribution in [0.3, 0.4) is 0 Å². The number of aromatic nitrogens is 3. The van der Waals surface area contributed by atoms with Crippen LogP contribution in [0.15, 0.2) is 12.5 Å². The van der Waals surface area contributed by atoms with Crippen LogP contribution in [-0.2, 0) is 4.74 Å². The van der Waals surface area contributed by atoms with Crippen LogP contribution in [0.1, 0.15) is 12.8 Å². The highest BCUT2D eigenvalue weighted by Gasteiger charge is 2.05. The Bertz CT molecular complexity index is 459. The summed E-state index contributed by atoms with van der Waals surface area (Å²) in [6.45, 7) is 2.00. The summed E-state index contributed by atoms with van der Waals surface area (Å²) in [6.07, 6.45) is 5.59. The van der Waals surface area contributed by atoms with Crippen molar-refractivity contribution in [1.29, 1.82) is 0 Å². The average molecular weight is 241 g/mol. The number of fused-ring (bicyclic) bond motifs is 1. The Morgan fingerprint density at radius 1 is 1.31 bits per heavy atom. The fraction of sp³-hybridized carbons (Fsp3) is 0.400.